The molecular formula is C27H22FN5O2S. The van der Waals surface area contributed by atoms with Crippen molar-refractivity contribution in [1.82, 2.24) is 14.8 Å². The first kappa shape index (κ1) is 21.6. The van der Waals surface area contributed by atoms with Crippen LogP contribution in [-0.2, 0) is 9.59 Å². The number of rotatable bonds is 5. The molecule has 4 aliphatic rings. The first-order valence-electron chi connectivity index (χ1n) is 12.3. The van der Waals surface area contributed by atoms with Crippen LogP contribution in [0.2, 0.25) is 0 Å². The summed E-state index contributed by atoms with van der Waals surface area (Å²) in [7, 11) is 0. The Morgan fingerprint density at radius 3 is 2.69 bits per heavy atom. The second kappa shape index (κ2) is 7.68. The molecule has 2 aliphatic heterocycles. The highest BCUT2D eigenvalue weighted by Crippen LogP contribution is 2.46. The fraction of sp³-hybridized carbons (Fsp3) is 0.370. The number of halogens is 1. The molecule has 0 radical (unpaired) electrons. The summed E-state index contributed by atoms with van der Waals surface area (Å²) in [5.41, 5.74) is 1.56. The number of nitrogens with zero attached hydrogens (tertiary/aromatic N) is 5. The summed E-state index contributed by atoms with van der Waals surface area (Å²) in [6.07, 6.45) is 3.35. The average Bonchev–Trinajstić information content (AvgIpc) is 3.77. The number of hydrogen-bond donors (Lipinski definition) is 0. The number of carbonyl (C=O) groups excluding carboxylic acids is 2. The minimum Gasteiger partial charge on any atom is -0.342 e. The van der Waals surface area contributed by atoms with Crippen molar-refractivity contribution in [3.05, 3.63) is 53.3 Å². The number of aromatic nitrogens is 1. The van der Waals surface area contributed by atoms with E-state index in [-0.39, 0.29) is 23.7 Å². The smallest absolute Gasteiger partial charge is 0.256 e. The Bertz CT molecular complexity index is 1520. The molecule has 7 rings (SSSR count). The highest BCUT2D eigenvalue weighted by atomic mass is 32.1. The Kier molecular flexibility index (Phi) is 4.61. The van der Waals surface area contributed by atoms with Crippen molar-refractivity contribution in [2.45, 2.75) is 31.2 Å². The lowest BCUT2D eigenvalue weighted by atomic mass is 9.98. The molecule has 0 bridgehead atoms. The topological polar surface area (TPSA) is 89.7 Å². The molecule has 9 heteroatoms. The maximum absolute atomic E-state index is 15.5. The van der Waals surface area contributed by atoms with Crippen molar-refractivity contribution in [3.63, 3.8) is 0 Å². The SMILES string of the molecule is N#Cc1ccc2nc(-c3ccc(C4=NC5(CC5)C(=O)N4CC4CN(C(=O)C5CC5)C4)c(F)c3)sc2c1. The molecule has 0 atom stereocenters. The molecule has 2 aliphatic carbocycles. The van der Waals surface area contributed by atoms with E-state index >= 15 is 4.39 Å². The molecular weight excluding hydrogens is 477 g/mol. The first-order valence-corrected chi connectivity index (χ1v) is 13.1. The fourth-order valence-electron chi connectivity index (χ4n) is 5.14. The van der Waals surface area contributed by atoms with Gasteiger partial charge in [-0.2, -0.15) is 5.26 Å². The van der Waals surface area contributed by atoms with Gasteiger partial charge in [-0.1, -0.05) is 6.07 Å². The van der Waals surface area contributed by atoms with Gasteiger partial charge < -0.3 is 4.90 Å². The highest BCUT2D eigenvalue weighted by Gasteiger charge is 2.58. The van der Waals surface area contributed by atoms with Crippen molar-refractivity contribution < 1.29 is 14.0 Å². The largest absolute Gasteiger partial charge is 0.342 e. The predicted molar refractivity (Wildman–Crippen MR) is 133 cm³/mol. The number of hydrogen-bond acceptors (Lipinski definition) is 6. The van der Waals surface area contributed by atoms with Crippen LogP contribution in [0.25, 0.3) is 20.8 Å². The standard InChI is InChI=1S/C27H22FN5O2S/c28-20-10-18(24-30-21-6-1-15(11-29)9-22(21)36-24)4-5-19(20)23-31-27(7-8-27)26(35)33(23)14-16-12-32(13-16)25(34)17-2-3-17/h1,4-6,9-10,16-17H,2-3,7-8,12-14H2. The van der Waals surface area contributed by atoms with E-state index < -0.39 is 11.4 Å². The maximum atomic E-state index is 15.5. The minimum atomic E-state index is -0.723. The van der Waals surface area contributed by atoms with E-state index in [9.17, 15) is 9.59 Å². The van der Waals surface area contributed by atoms with E-state index in [4.69, 9.17) is 10.3 Å². The maximum Gasteiger partial charge on any atom is 0.256 e. The third-order valence-electron chi connectivity index (χ3n) is 7.55. The predicted octanol–water partition coefficient (Wildman–Crippen LogP) is 3.96. The molecule has 180 valence electrons. The Morgan fingerprint density at radius 2 is 2.00 bits per heavy atom. The van der Waals surface area contributed by atoms with Gasteiger partial charge in [0.2, 0.25) is 5.91 Å². The summed E-state index contributed by atoms with van der Waals surface area (Å²) in [4.78, 5) is 38.3. The molecule has 0 unspecified atom stereocenters. The first-order chi connectivity index (χ1) is 17.4. The number of likely N-dealkylation sites (tertiary alicyclic amines) is 1. The summed E-state index contributed by atoms with van der Waals surface area (Å²) in [6.45, 7) is 1.74. The second-order valence-electron chi connectivity index (χ2n) is 10.3. The molecule has 2 aromatic carbocycles. The zero-order valence-corrected chi connectivity index (χ0v) is 20.2. The van der Waals surface area contributed by atoms with E-state index in [1.165, 1.54) is 17.4 Å². The van der Waals surface area contributed by atoms with Gasteiger partial charge in [0.1, 0.15) is 22.2 Å². The van der Waals surface area contributed by atoms with Gasteiger partial charge in [-0.05, 0) is 56.0 Å². The summed E-state index contributed by atoms with van der Waals surface area (Å²) in [6, 6.07) is 12.4. The van der Waals surface area contributed by atoms with E-state index in [0.29, 0.717) is 60.0 Å². The molecule has 7 nitrogen and oxygen atoms in total. The van der Waals surface area contributed by atoms with Crippen LogP contribution < -0.4 is 0 Å². The summed E-state index contributed by atoms with van der Waals surface area (Å²) < 4.78 is 16.4. The third kappa shape index (κ3) is 3.43. The third-order valence-corrected chi connectivity index (χ3v) is 8.62. The summed E-state index contributed by atoms with van der Waals surface area (Å²) in [5.74, 6) is 0.510. The number of amidine groups is 1. The quantitative estimate of drug-likeness (QED) is 0.531. The molecule has 1 aromatic heterocycles. The fourth-order valence-corrected chi connectivity index (χ4v) is 6.14. The lowest BCUT2D eigenvalue weighted by Gasteiger charge is -2.41. The molecule has 1 spiro atoms. The van der Waals surface area contributed by atoms with Crippen molar-refractivity contribution in [1.29, 1.82) is 5.26 Å². The van der Waals surface area contributed by atoms with Gasteiger partial charge in [0.25, 0.3) is 5.91 Å². The molecule has 2 amide bonds. The van der Waals surface area contributed by atoms with Gasteiger partial charge in [-0.25, -0.2) is 9.37 Å². The average molecular weight is 500 g/mol. The van der Waals surface area contributed by atoms with Crippen LogP contribution in [0.5, 0.6) is 0 Å². The van der Waals surface area contributed by atoms with Crippen LogP contribution >= 0.6 is 11.3 Å². The van der Waals surface area contributed by atoms with Gasteiger partial charge >= 0.3 is 0 Å². The molecule has 36 heavy (non-hydrogen) atoms. The van der Waals surface area contributed by atoms with Crippen LogP contribution in [0.1, 0.15) is 36.8 Å². The Hall–Kier alpha value is -3.64. The molecule has 3 aromatic rings. The van der Waals surface area contributed by atoms with E-state index in [1.54, 1.807) is 29.2 Å². The monoisotopic (exact) mass is 499 g/mol. The zero-order valence-electron chi connectivity index (χ0n) is 19.4. The number of carbonyl (C=O) groups is 2. The van der Waals surface area contributed by atoms with Crippen molar-refractivity contribution >= 4 is 39.2 Å². The second-order valence-corrected chi connectivity index (χ2v) is 11.3. The van der Waals surface area contributed by atoms with Crippen LogP contribution in [-0.4, -0.2) is 57.6 Å². The van der Waals surface area contributed by atoms with E-state index in [1.807, 2.05) is 11.0 Å². The lowest BCUT2D eigenvalue weighted by molar-refractivity contribution is -0.139. The molecule has 1 saturated heterocycles. The van der Waals surface area contributed by atoms with Gasteiger partial charge in [0, 0.05) is 37.0 Å². The van der Waals surface area contributed by atoms with Gasteiger partial charge in [-0.3, -0.25) is 19.5 Å². The lowest BCUT2D eigenvalue weighted by Crippen LogP contribution is -2.55. The van der Waals surface area contributed by atoms with Crippen molar-refractivity contribution in [3.8, 4) is 16.6 Å². The number of thiazole rings is 1. The Labute approximate surface area is 210 Å². The van der Waals surface area contributed by atoms with Gasteiger partial charge in [0.15, 0.2) is 0 Å². The van der Waals surface area contributed by atoms with E-state index in [0.717, 1.165) is 23.1 Å². The van der Waals surface area contributed by atoms with Crippen molar-refractivity contribution in [2.75, 3.05) is 19.6 Å². The van der Waals surface area contributed by atoms with Crippen molar-refractivity contribution in [2.24, 2.45) is 16.8 Å². The van der Waals surface area contributed by atoms with Crippen LogP contribution in [0, 0.1) is 29.0 Å². The van der Waals surface area contributed by atoms with Gasteiger partial charge in [-0.15, -0.1) is 11.3 Å². The van der Waals surface area contributed by atoms with Gasteiger partial charge in [0.05, 0.1) is 27.4 Å². The molecule has 3 fully saturated rings. The van der Waals surface area contributed by atoms with Crippen LogP contribution in [0.15, 0.2) is 41.4 Å². The molecule has 3 heterocycles. The number of nitriles is 1. The Morgan fingerprint density at radius 1 is 1.19 bits per heavy atom. The number of aliphatic imine (C=N–C) groups is 1. The number of amides is 2. The molecule has 0 N–H and O–H groups in total. The van der Waals surface area contributed by atoms with Crippen LogP contribution in [0.3, 0.4) is 0 Å². The summed E-state index contributed by atoms with van der Waals surface area (Å²) in [5, 5.41) is 9.80. The zero-order chi connectivity index (χ0) is 24.6. The number of fused-ring (bicyclic) bond motifs is 1. The number of benzene rings is 2. The Balaban J connectivity index is 1.14. The highest BCUT2D eigenvalue weighted by molar-refractivity contribution is 7.21. The summed E-state index contributed by atoms with van der Waals surface area (Å²) >= 11 is 1.41. The normalized spacial score (nSPS) is 20.6. The van der Waals surface area contributed by atoms with E-state index in [2.05, 4.69) is 11.1 Å². The molecule has 2 saturated carbocycles. The van der Waals surface area contributed by atoms with Crippen LogP contribution in [0.4, 0.5) is 4.39 Å². The minimum absolute atomic E-state index is 0.0487.